The SMILES string of the molecule is CC(C)(C)c1cc(C(C)(C)C)on1.CC(C)(C)c1ccn(-c2ccccc2)n1.CC(C)(C)c1ccn(C(C)(C)C)n1.CC(C)(C)c1cn(C(C)(C)C)cn1.CC(F)(F)c1ccn(C(C)(C)C)n1.Cn1cc(C(C)(C)C)c(C(C)(F)F)n1.Cn1cc(C(C)(C)C)cn1.Cn1ccc(C(C)(C)C)c1C(F)(F)F.Cn1nc(C(C)(C)C)cc1C(F)(F)F.Cn1nc(C(C)(F)F)cc1C(C)(C)C. The fourth-order valence-electron chi connectivity index (χ4n) is 11.7. The maximum absolute atomic E-state index is 13.2. The number of rotatable bonds is 4. The van der Waals surface area contributed by atoms with Gasteiger partial charge in [0.25, 0.3) is 17.8 Å². The molecule has 1 aromatic carbocycles. The molecule has 11 rings (SSSR count). The van der Waals surface area contributed by atoms with Crippen LogP contribution in [0.4, 0.5) is 52.7 Å². The van der Waals surface area contributed by atoms with Crippen molar-refractivity contribution in [1.29, 1.82) is 0 Å². The minimum absolute atomic E-state index is 0.0521. The van der Waals surface area contributed by atoms with Gasteiger partial charge in [0.2, 0.25) is 0 Å². The highest BCUT2D eigenvalue weighted by Crippen LogP contribution is 2.40. The van der Waals surface area contributed by atoms with Gasteiger partial charge in [-0.05, 0) is 138 Å². The van der Waals surface area contributed by atoms with E-state index in [2.05, 4.69) is 265 Å². The van der Waals surface area contributed by atoms with Gasteiger partial charge in [-0.25, -0.2) is 9.67 Å². The first kappa shape index (κ1) is 120. The summed E-state index contributed by atoms with van der Waals surface area (Å²) in [6.07, 6.45) is 8.17. The van der Waals surface area contributed by atoms with Gasteiger partial charge in [-0.3, -0.25) is 28.1 Å². The third-order valence-electron chi connectivity index (χ3n) is 20.1. The van der Waals surface area contributed by atoms with E-state index in [0.717, 1.165) is 76.0 Å². The lowest BCUT2D eigenvalue weighted by atomic mass is 9.86. The molecule has 750 valence electrons. The number of aromatic nitrogens is 18. The maximum Gasteiger partial charge on any atom is 0.433 e. The number of halogens is 12. The number of benzene rings is 1. The van der Waals surface area contributed by atoms with Gasteiger partial charge in [0.05, 0.1) is 57.8 Å². The first-order valence-corrected chi connectivity index (χ1v) is 44.8. The van der Waals surface area contributed by atoms with Gasteiger partial charge >= 0.3 is 12.4 Å². The average molecular weight is 1880 g/mol. The second-order valence-electron chi connectivity index (χ2n) is 47.4. The van der Waals surface area contributed by atoms with Crippen molar-refractivity contribution in [2.45, 2.75) is 392 Å². The molecule has 11 aromatic rings. The Labute approximate surface area is 787 Å². The number of aryl methyl sites for hydroxylation is 5. The van der Waals surface area contributed by atoms with Gasteiger partial charge in [-0.15, -0.1) is 0 Å². The Morgan fingerprint density at radius 2 is 0.729 bits per heavy atom. The summed E-state index contributed by atoms with van der Waals surface area (Å²) in [5, 5.41) is 32.6. The van der Waals surface area contributed by atoms with Crippen LogP contribution in [0.5, 0.6) is 0 Å². The van der Waals surface area contributed by atoms with E-state index < -0.39 is 46.9 Å². The van der Waals surface area contributed by atoms with Crippen LogP contribution in [-0.4, -0.2) is 87.7 Å². The second-order valence-corrected chi connectivity index (χ2v) is 47.4. The van der Waals surface area contributed by atoms with E-state index in [4.69, 9.17) is 4.52 Å². The molecule has 0 fully saturated rings. The van der Waals surface area contributed by atoms with Crippen molar-refractivity contribution in [3.05, 3.63) is 214 Å². The molecule has 133 heavy (non-hydrogen) atoms. The molecule has 10 aromatic heterocycles. The molecule has 0 aliphatic heterocycles. The number of para-hydroxylation sites is 1. The lowest BCUT2D eigenvalue weighted by Crippen LogP contribution is -2.23. The van der Waals surface area contributed by atoms with Crippen LogP contribution in [-0.2, 0) is 136 Å². The van der Waals surface area contributed by atoms with Crippen LogP contribution in [0.2, 0.25) is 0 Å². The first-order valence-electron chi connectivity index (χ1n) is 44.8. The monoisotopic (exact) mass is 1880 g/mol. The van der Waals surface area contributed by atoms with E-state index in [-0.39, 0.29) is 82.4 Å². The zero-order valence-corrected chi connectivity index (χ0v) is 89.1. The minimum atomic E-state index is -4.33. The predicted octanol–water partition coefficient (Wildman–Crippen LogP) is 28.5. The molecule has 0 saturated carbocycles. The molecule has 0 aliphatic carbocycles. The molecule has 31 heteroatoms. The van der Waals surface area contributed by atoms with Gasteiger partial charge in [0, 0.05) is 160 Å². The van der Waals surface area contributed by atoms with E-state index >= 15 is 0 Å². The fraction of sp³-hybridized carbons (Fsp3) is 0.637. The lowest BCUT2D eigenvalue weighted by Gasteiger charge is -2.21. The van der Waals surface area contributed by atoms with E-state index in [0.29, 0.717) is 16.8 Å². The Bertz CT molecular complexity index is 4840. The van der Waals surface area contributed by atoms with Crippen molar-refractivity contribution in [1.82, 2.24) is 87.7 Å². The Kier molecular flexibility index (Phi) is 38.9. The zero-order chi connectivity index (χ0) is 104. The molecule has 0 spiro atoms. The van der Waals surface area contributed by atoms with Crippen molar-refractivity contribution < 1.29 is 57.2 Å². The summed E-state index contributed by atoms with van der Waals surface area (Å²) in [5.41, 5.74) is 6.78. The zero-order valence-electron chi connectivity index (χ0n) is 89.1. The quantitative estimate of drug-likeness (QED) is 0.154. The molecule has 0 radical (unpaired) electrons. The number of imidazole rings is 1. The van der Waals surface area contributed by atoms with E-state index in [1.165, 1.54) is 53.4 Å². The third kappa shape index (κ3) is 39.1. The average Bonchev–Trinajstić information content (AvgIpc) is 1.67. The van der Waals surface area contributed by atoms with E-state index in [1.54, 1.807) is 51.9 Å². The Hall–Kier alpha value is -9.45. The van der Waals surface area contributed by atoms with Crippen LogP contribution in [0.3, 0.4) is 0 Å². The summed E-state index contributed by atoms with van der Waals surface area (Å²) < 4.78 is 173. The molecule has 0 atom stereocenters. The van der Waals surface area contributed by atoms with Crippen LogP contribution in [0.1, 0.15) is 376 Å². The third-order valence-corrected chi connectivity index (χ3v) is 20.1. The summed E-state index contributed by atoms with van der Waals surface area (Å²) in [5.74, 6) is -7.63. The van der Waals surface area contributed by atoms with Gasteiger partial charge in [0.1, 0.15) is 34.2 Å². The summed E-state index contributed by atoms with van der Waals surface area (Å²) >= 11 is 0. The molecule has 0 aliphatic rings. The maximum atomic E-state index is 13.2. The number of hydrogen-bond donors (Lipinski definition) is 0. The van der Waals surface area contributed by atoms with Gasteiger partial charge in [0.15, 0.2) is 0 Å². The molecule has 0 N–H and O–H groups in total. The van der Waals surface area contributed by atoms with E-state index in [1.807, 2.05) is 141 Å². The van der Waals surface area contributed by atoms with Crippen LogP contribution in [0, 0.1) is 0 Å². The second kappa shape index (κ2) is 43.3. The summed E-state index contributed by atoms with van der Waals surface area (Å²) in [6, 6.07) is 21.9. The summed E-state index contributed by atoms with van der Waals surface area (Å²) in [7, 11) is 8.01. The number of hydrogen-bond acceptors (Lipinski definition) is 10. The largest absolute Gasteiger partial charge is 0.433 e. The Morgan fingerprint density at radius 1 is 0.308 bits per heavy atom. The fourth-order valence-corrected chi connectivity index (χ4v) is 11.7. The predicted molar refractivity (Wildman–Crippen MR) is 516 cm³/mol. The van der Waals surface area contributed by atoms with Crippen molar-refractivity contribution in [2.24, 2.45) is 35.2 Å². The number of alkyl halides is 12. The van der Waals surface area contributed by atoms with Crippen molar-refractivity contribution >= 4 is 0 Å². The van der Waals surface area contributed by atoms with Crippen molar-refractivity contribution in [3.63, 3.8) is 0 Å². The standard InChI is InChI=1S/C13H16N2.2C11H20N2.C11H19NO.C10H14F3N.2C10H16F2N2.C9H13F3N2.C9H14F2N2.C8H14N2/c1-13(2,3)12-9-10-15(14-12)11-7-5-4-6-8-11;1-10(2,3)9-7-13(8-12-9)11(4,5)6;1-10(2,3)9-7-8-13(12-9)11(4,5)6;1-10(2,3)8-7-9(13-12-8)11(4,5)6;1-9(2,3)7-5-6-14(4)8(7)10(11,12)13;1-9(2,3)7-6-14(5)13-8(7)10(4,11)12;1-9(2,3)8-6-7(10(4,11)12)13-14(8)5;1-8(2,3)6-5-7(9(10,11)12)14(4)13-6;1-8(2,3)13-6-5-7(12-13)9(4,10)11;1-8(2,3)7-5-9-10(4)6-7/h4-10H,1-3H3;2*7-8H,1-6H3;7H,1-6H3;5-6H,1-4H3;2*6H,1-5H3;5H,1-4H3;5-6H,1-4H3;5-6H,1-4H3. The highest BCUT2D eigenvalue weighted by atomic mass is 19.4. The van der Waals surface area contributed by atoms with Gasteiger partial charge in [-0.2, -0.15) is 88.4 Å². The Morgan fingerprint density at radius 3 is 0.992 bits per heavy atom. The van der Waals surface area contributed by atoms with Gasteiger partial charge < -0.3 is 13.7 Å². The molecule has 0 unspecified atom stereocenters. The highest BCUT2D eigenvalue weighted by Gasteiger charge is 2.41. The molecule has 0 bridgehead atoms. The van der Waals surface area contributed by atoms with Crippen molar-refractivity contribution in [2.75, 3.05) is 0 Å². The first-order chi connectivity index (χ1) is 58.9. The smallest absolute Gasteiger partial charge is 0.361 e. The van der Waals surface area contributed by atoms with Crippen LogP contribution in [0.25, 0.3) is 5.69 Å². The summed E-state index contributed by atoms with van der Waals surface area (Å²) in [4.78, 5) is 4.42. The highest BCUT2D eigenvalue weighted by molar-refractivity contribution is 5.33. The molecular weight excluding hydrogens is 1720 g/mol. The van der Waals surface area contributed by atoms with Crippen LogP contribution >= 0.6 is 0 Å². The lowest BCUT2D eigenvalue weighted by molar-refractivity contribution is -0.144. The minimum Gasteiger partial charge on any atom is -0.361 e. The van der Waals surface area contributed by atoms with E-state index in [9.17, 15) is 52.7 Å². The van der Waals surface area contributed by atoms with Crippen LogP contribution < -0.4 is 0 Å². The normalized spacial score (nSPS) is 13.1. The molecular formula is C102H162F12N18O. The topological polar surface area (TPSA) is 174 Å². The van der Waals surface area contributed by atoms with Crippen LogP contribution in [0.15, 0.2) is 133 Å². The summed E-state index contributed by atoms with van der Waals surface area (Å²) in [6.45, 7) is 82.7. The Balaban J connectivity index is 0.000000501. The molecule has 0 amide bonds. The molecule has 19 nitrogen and oxygen atoms in total. The molecule has 10 heterocycles. The van der Waals surface area contributed by atoms with Crippen molar-refractivity contribution in [3.8, 4) is 5.69 Å². The number of nitrogens with zero attached hydrogens (tertiary/aromatic N) is 18. The molecule has 0 saturated heterocycles. The van der Waals surface area contributed by atoms with Gasteiger partial charge in [-0.1, -0.05) is 231 Å².